The summed E-state index contributed by atoms with van der Waals surface area (Å²) in [7, 11) is 0. The van der Waals surface area contributed by atoms with Crippen molar-refractivity contribution in [3.05, 3.63) is 42.0 Å². The molecule has 0 radical (unpaired) electrons. The van der Waals surface area contributed by atoms with Crippen molar-refractivity contribution >= 4 is 12.6 Å². The molecule has 106 valence electrons. The molecule has 2 rings (SSSR count). The third-order valence-corrected chi connectivity index (χ3v) is 3.34. The molecule has 0 saturated carbocycles. The summed E-state index contributed by atoms with van der Waals surface area (Å²) in [6, 6.07) is 12.4. The predicted octanol–water partition coefficient (Wildman–Crippen LogP) is 4.75. The highest BCUT2D eigenvalue weighted by Gasteiger charge is 2.12. The van der Waals surface area contributed by atoms with Crippen molar-refractivity contribution in [2.45, 2.75) is 25.7 Å². The van der Waals surface area contributed by atoms with E-state index in [0.717, 1.165) is 21.8 Å². The molecule has 0 atom stereocenters. The van der Waals surface area contributed by atoms with E-state index in [4.69, 9.17) is 9.47 Å². The molecule has 0 aromatic heterocycles. The van der Waals surface area contributed by atoms with Gasteiger partial charge in [-0.05, 0) is 44.0 Å². The molecular formula is C17H20O2S. The van der Waals surface area contributed by atoms with Crippen LogP contribution in [0.25, 0.3) is 11.1 Å². The molecule has 0 aliphatic carbocycles. The van der Waals surface area contributed by atoms with Crippen LogP contribution in [0, 0.1) is 6.92 Å². The molecule has 2 nitrogen and oxygen atoms in total. The van der Waals surface area contributed by atoms with Gasteiger partial charge in [-0.3, -0.25) is 0 Å². The summed E-state index contributed by atoms with van der Waals surface area (Å²) in [4.78, 5) is 0.799. The normalized spacial score (nSPS) is 10.4. The fraction of sp³-hybridized carbons (Fsp3) is 0.294. The Hall–Kier alpha value is -1.61. The van der Waals surface area contributed by atoms with Crippen LogP contribution < -0.4 is 9.47 Å². The summed E-state index contributed by atoms with van der Waals surface area (Å²) >= 11 is 4.53. The molecule has 0 unspecified atom stereocenters. The molecule has 20 heavy (non-hydrogen) atoms. The maximum absolute atomic E-state index is 5.68. The average Bonchev–Trinajstić information content (AvgIpc) is 2.43. The quantitative estimate of drug-likeness (QED) is 0.800. The molecule has 0 aliphatic rings. The molecule has 2 aromatic rings. The summed E-state index contributed by atoms with van der Waals surface area (Å²) in [5.74, 6) is 1.46. The lowest BCUT2D eigenvalue weighted by Crippen LogP contribution is -1.99. The van der Waals surface area contributed by atoms with Gasteiger partial charge in [0.25, 0.3) is 0 Å². The van der Waals surface area contributed by atoms with Crippen LogP contribution in [0.15, 0.2) is 41.3 Å². The van der Waals surface area contributed by atoms with Crippen molar-refractivity contribution in [2.24, 2.45) is 0 Å². The number of benzene rings is 2. The van der Waals surface area contributed by atoms with Crippen LogP contribution in [0.4, 0.5) is 0 Å². The Morgan fingerprint density at radius 3 is 2.15 bits per heavy atom. The molecule has 0 bridgehead atoms. The topological polar surface area (TPSA) is 18.5 Å². The van der Waals surface area contributed by atoms with Gasteiger partial charge in [-0.15, -0.1) is 12.6 Å². The zero-order valence-electron chi connectivity index (χ0n) is 12.1. The van der Waals surface area contributed by atoms with Crippen LogP contribution in [-0.2, 0) is 0 Å². The fourth-order valence-corrected chi connectivity index (χ4v) is 2.37. The first-order valence-electron chi connectivity index (χ1n) is 6.85. The zero-order valence-corrected chi connectivity index (χ0v) is 13.0. The number of hydrogen-bond donors (Lipinski definition) is 1. The third kappa shape index (κ3) is 3.28. The van der Waals surface area contributed by atoms with Crippen LogP contribution in [0.5, 0.6) is 11.5 Å². The number of rotatable bonds is 5. The Morgan fingerprint density at radius 1 is 0.900 bits per heavy atom. The first-order chi connectivity index (χ1) is 9.65. The smallest absolute Gasteiger partial charge is 0.174 e. The fourth-order valence-electron chi connectivity index (χ4n) is 2.05. The van der Waals surface area contributed by atoms with E-state index < -0.39 is 0 Å². The van der Waals surface area contributed by atoms with E-state index >= 15 is 0 Å². The van der Waals surface area contributed by atoms with Crippen LogP contribution in [0.2, 0.25) is 0 Å². The summed E-state index contributed by atoms with van der Waals surface area (Å²) in [5, 5.41) is 0. The van der Waals surface area contributed by atoms with Gasteiger partial charge < -0.3 is 9.47 Å². The SMILES string of the molecule is CCOc1cc(-c2ccc(C)cc2)cc(S)c1OCC. The predicted molar refractivity (Wildman–Crippen MR) is 86.2 cm³/mol. The Morgan fingerprint density at radius 2 is 1.55 bits per heavy atom. The van der Waals surface area contributed by atoms with Crippen molar-refractivity contribution < 1.29 is 9.47 Å². The van der Waals surface area contributed by atoms with E-state index in [2.05, 4.69) is 43.8 Å². The van der Waals surface area contributed by atoms with E-state index in [0.29, 0.717) is 19.0 Å². The molecular weight excluding hydrogens is 268 g/mol. The van der Waals surface area contributed by atoms with Gasteiger partial charge >= 0.3 is 0 Å². The average molecular weight is 288 g/mol. The summed E-state index contributed by atoms with van der Waals surface area (Å²) in [5.41, 5.74) is 3.48. The minimum atomic E-state index is 0.595. The highest BCUT2D eigenvalue weighted by molar-refractivity contribution is 7.80. The first-order valence-corrected chi connectivity index (χ1v) is 7.30. The lowest BCUT2D eigenvalue weighted by molar-refractivity contribution is 0.282. The summed E-state index contributed by atoms with van der Waals surface area (Å²) < 4.78 is 11.3. The summed E-state index contributed by atoms with van der Waals surface area (Å²) in [6.07, 6.45) is 0. The number of ether oxygens (including phenoxy) is 2. The molecule has 0 fully saturated rings. The van der Waals surface area contributed by atoms with Crippen molar-refractivity contribution in [1.82, 2.24) is 0 Å². The second kappa shape index (κ2) is 6.71. The monoisotopic (exact) mass is 288 g/mol. The van der Waals surface area contributed by atoms with Gasteiger partial charge in [-0.2, -0.15) is 0 Å². The van der Waals surface area contributed by atoms with Gasteiger partial charge in [0.15, 0.2) is 11.5 Å². The van der Waals surface area contributed by atoms with Crippen molar-refractivity contribution in [3.63, 3.8) is 0 Å². The third-order valence-electron chi connectivity index (χ3n) is 3.01. The van der Waals surface area contributed by atoms with Crippen molar-refractivity contribution in [1.29, 1.82) is 0 Å². The maximum Gasteiger partial charge on any atom is 0.174 e. The van der Waals surface area contributed by atoms with Gasteiger partial charge in [-0.25, -0.2) is 0 Å². The Kier molecular flexibility index (Phi) is 4.96. The molecule has 0 aliphatic heterocycles. The van der Waals surface area contributed by atoms with Crippen LogP contribution in [-0.4, -0.2) is 13.2 Å². The van der Waals surface area contributed by atoms with Gasteiger partial charge in [0, 0.05) is 0 Å². The first kappa shape index (κ1) is 14.8. The van der Waals surface area contributed by atoms with Crippen molar-refractivity contribution in [2.75, 3.05) is 13.2 Å². The second-order valence-corrected chi connectivity index (χ2v) is 5.04. The van der Waals surface area contributed by atoms with Gasteiger partial charge in [0.1, 0.15) is 0 Å². The zero-order chi connectivity index (χ0) is 14.5. The van der Waals surface area contributed by atoms with Crippen LogP contribution in [0.1, 0.15) is 19.4 Å². The second-order valence-electron chi connectivity index (χ2n) is 4.55. The molecule has 0 amide bonds. The number of hydrogen-bond acceptors (Lipinski definition) is 3. The standard InChI is InChI=1S/C17H20O2S/c1-4-18-15-10-14(11-16(20)17(15)19-5-2)13-8-6-12(3)7-9-13/h6-11,20H,4-5H2,1-3H3. The lowest BCUT2D eigenvalue weighted by atomic mass is 10.0. The highest BCUT2D eigenvalue weighted by Crippen LogP contribution is 2.38. The van der Waals surface area contributed by atoms with Crippen molar-refractivity contribution in [3.8, 4) is 22.6 Å². The van der Waals surface area contributed by atoms with Gasteiger partial charge in [0.2, 0.25) is 0 Å². The van der Waals surface area contributed by atoms with E-state index in [1.54, 1.807) is 0 Å². The van der Waals surface area contributed by atoms with Gasteiger partial charge in [-0.1, -0.05) is 29.8 Å². The van der Waals surface area contributed by atoms with Gasteiger partial charge in [0.05, 0.1) is 18.1 Å². The van der Waals surface area contributed by atoms with Crippen LogP contribution >= 0.6 is 12.6 Å². The minimum absolute atomic E-state index is 0.595. The Balaban J connectivity index is 2.47. The molecule has 2 aromatic carbocycles. The number of aryl methyl sites for hydroxylation is 1. The number of thiol groups is 1. The molecule has 3 heteroatoms. The van der Waals surface area contributed by atoms with E-state index in [9.17, 15) is 0 Å². The molecule has 0 heterocycles. The summed E-state index contributed by atoms with van der Waals surface area (Å²) in [6.45, 7) is 7.20. The largest absolute Gasteiger partial charge is 0.490 e. The Bertz CT molecular complexity index is 576. The Labute approximate surface area is 126 Å². The maximum atomic E-state index is 5.68. The van der Waals surface area contributed by atoms with E-state index in [1.807, 2.05) is 26.0 Å². The molecule has 0 N–H and O–H groups in total. The molecule has 0 saturated heterocycles. The van der Waals surface area contributed by atoms with E-state index in [-0.39, 0.29) is 0 Å². The minimum Gasteiger partial charge on any atom is -0.490 e. The van der Waals surface area contributed by atoms with E-state index in [1.165, 1.54) is 5.56 Å². The molecule has 0 spiro atoms. The van der Waals surface area contributed by atoms with Crippen LogP contribution in [0.3, 0.4) is 0 Å². The lowest BCUT2D eigenvalue weighted by Gasteiger charge is -2.15. The highest BCUT2D eigenvalue weighted by atomic mass is 32.1.